The van der Waals surface area contributed by atoms with E-state index in [1.807, 2.05) is 12.1 Å². The molecule has 1 amide bonds. The number of hydrogen-bond donors (Lipinski definition) is 7. The van der Waals surface area contributed by atoms with Gasteiger partial charge in [-0.25, -0.2) is 33.7 Å². The number of aromatic nitrogens is 6. The molecule has 1 saturated heterocycles. The fraction of sp³-hybridized carbons (Fsp3) is 0.424. The molecule has 4 heterocycles. The summed E-state index contributed by atoms with van der Waals surface area (Å²) in [6.07, 6.45) is -1.64. The summed E-state index contributed by atoms with van der Waals surface area (Å²) in [5.74, 6) is -1.36. The van der Waals surface area contributed by atoms with E-state index in [2.05, 4.69) is 58.9 Å². The number of nitrogen functional groups attached to an aromatic ring is 2. The van der Waals surface area contributed by atoms with Gasteiger partial charge in [0.25, 0.3) is 0 Å². The number of phosphoric ester groups is 2. The average molecular weight is 994 g/mol. The van der Waals surface area contributed by atoms with Gasteiger partial charge in [0.1, 0.15) is 54.9 Å². The number of benzene rings is 1. The third kappa shape index (κ3) is 13.4. The number of fused-ring (bicyclic) bond motifs is 1. The zero-order valence-corrected chi connectivity index (χ0v) is 35.4. The lowest BCUT2D eigenvalue weighted by atomic mass is 10.1. The predicted molar refractivity (Wildman–Crippen MR) is 216 cm³/mol. The highest BCUT2D eigenvalue weighted by Gasteiger charge is 2.43. The Morgan fingerprint density at radius 1 is 1.10 bits per heavy atom. The van der Waals surface area contributed by atoms with Crippen LogP contribution in [-0.2, 0) is 52.9 Å². The molecule has 0 radical (unpaired) electrons. The molecule has 60 heavy (non-hydrogen) atoms. The van der Waals surface area contributed by atoms with E-state index in [1.54, 1.807) is 18.2 Å². The zero-order valence-electron chi connectivity index (χ0n) is 31.4. The van der Waals surface area contributed by atoms with E-state index in [-0.39, 0.29) is 42.1 Å². The van der Waals surface area contributed by atoms with Crippen LogP contribution in [0.4, 0.5) is 11.6 Å². The Morgan fingerprint density at radius 3 is 2.55 bits per heavy atom. The number of hydrogen-bond acceptors (Lipinski definition) is 18. The van der Waals surface area contributed by atoms with E-state index in [9.17, 15) is 43.3 Å². The lowest BCUT2D eigenvalue weighted by Crippen LogP contribution is -2.44. The predicted octanol–water partition coefficient (Wildman–Crippen LogP) is 0.864. The van der Waals surface area contributed by atoms with Crippen LogP contribution in [0.2, 0.25) is 0 Å². The first-order valence-corrected chi connectivity index (χ1v) is 21.9. The first kappa shape index (κ1) is 46.8. The molecular formula is C33H42IN9O15P2. The minimum absolute atomic E-state index is 0.00548. The van der Waals surface area contributed by atoms with Crippen molar-refractivity contribution in [2.24, 2.45) is 0 Å². The fourth-order valence-corrected chi connectivity index (χ4v) is 7.43. The maximum Gasteiger partial charge on any atom is 0.472 e. The number of rotatable bonds is 22. The Labute approximate surface area is 354 Å². The van der Waals surface area contributed by atoms with Gasteiger partial charge < -0.3 is 50.8 Å². The maximum absolute atomic E-state index is 13.4. The molecule has 27 heteroatoms. The van der Waals surface area contributed by atoms with E-state index >= 15 is 0 Å². The standard InChI is InChI=1S/C33H42IN9O15P2/c1-2-3-4-26(45)40-21(13-19-5-7-20(34)8-6-19)32(46)54-15-22(44)31(43-18-39-28-29(36)37-17-38-30(28)43)53-11-12-55-60(51,52)58-23-14-27(42-10-9-25(35)41-33(42)47)57-24(23)16-56-59(48,49)50/h2,5-10,17-18,21-24,27,31,44H,1,3-4,11-16H2,(H,40,45)(H,51,52)(H2,35,41,47)(H2,36,37,38)(H2,48,49,50)/t21-,22+,23-,24+,27+,31+/m0/s1. The number of imidazole rings is 1. The van der Waals surface area contributed by atoms with Gasteiger partial charge in [0.15, 0.2) is 17.7 Å². The molecule has 1 aliphatic heterocycles. The van der Waals surface area contributed by atoms with Gasteiger partial charge in [-0.1, -0.05) is 18.2 Å². The minimum Gasteiger partial charge on any atom is -0.461 e. The number of nitrogens with two attached hydrogens (primary N) is 2. The fourth-order valence-electron chi connectivity index (χ4n) is 5.80. The molecule has 0 spiro atoms. The summed E-state index contributed by atoms with van der Waals surface area (Å²) < 4.78 is 59.7. The number of esters is 1. The smallest absolute Gasteiger partial charge is 0.461 e. The van der Waals surface area contributed by atoms with E-state index in [0.717, 1.165) is 20.0 Å². The Balaban J connectivity index is 1.26. The molecule has 1 fully saturated rings. The molecule has 5 rings (SSSR count). The Bertz CT molecular complexity index is 2280. The lowest BCUT2D eigenvalue weighted by Gasteiger charge is -2.26. The number of anilines is 2. The highest BCUT2D eigenvalue weighted by atomic mass is 127. The molecule has 9 N–H and O–H groups in total. The Morgan fingerprint density at radius 2 is 1.85 bits per heavy atom. The quantitative estimate of drug-likeness (QED) is 0.0189. The second-order valence-electron chi connectivity index (χ2n) is 13.0. The Hall–Kier alpha value is -4.24. The van der Waals surface area contributed by atoms with Gasteiger partial charge in [0.2, 0.25) is 5.91 Å². The summed E-state index contributed by atoms with van der Waals surface area (Å²) in [5.41, 5.74) is 11.6. The van der Waals surface area contributed by atoms with Crippen LogP contribution in [0.15, 0.2) is 66.6 Å². The van der Waals surface area contributed by atoms with E-state index in [1.165, 1.54) is 23.2 Å². The van der Waals surface area contributed by atoms with Gasteiger partial charge >= 0.3 is 27.3 Å². The lowest BCUT2D eigenvalue weighted by molar-refractivity contribution is -0.158. The van der Waals surface area contributed by atoms with Crippen molar-refractivity contribution < 1.29 is 66.3 Å². The van der Waals surface area contributed by atoms with Crippen molar-refractivity contribution in [2.45, 2.75) is 62.5 Å². The van der Waals surface area contributed by atoms with Crippen molar-refractivity contribution in [3.63, 3.8) is 0 Å². The highest BCUT2D eigenvalue weighted by Crippen LogP contribution is 2.49. The van der Waals surface area contributed by atoms with Crippen molar-refractivity contribution in [1.29, 1.82) is 0 Å². The third-order valence-corrected chi connectivity index (χ3v) is 10.8. The van der Waals surface area contributed by atoms with Gasteiger partial charge in [-0.05, 0) is 52.8 Å². The van der Waals surface area contributed by atoms with Gasteiger partial charge in [-0.3, -0.25) is 27.5 Å². The van der Waals surface area contributed by atoms with Crippen LogP contribution in [0.25, 0.3) is 11.2 Å². The number of amides is 1. The number of nitrogens with one attached hydrogen (secondary N) is 1. The monoisotopic (exact) mass is 993 g/mol. The van der Waals surface area contributed by atoms with Gasteiger partial charge in [0.05, 0.1) is 26.1 Å². The summed E-state index contributed by atoms with van der Waals surface area (Å²) in [4.78, 5) is 83.3. The summed E-state index contributed by atoms with van der Waals surface area (Å²) >= 11 is 2.13. The van der Waals surface area contributed by atoms with Gasteiger partial charge in [0, 0.05) is 29.0 Å². The van der Waals surface area contributed by atoms with Crippen LogP contribution in [0.1, 0.15) is 37.3 Å². The molecule has 1 aromatic carbocycles. The van der Waals surface area contributed by atoms with Crippen LogP contribution in [0.5, 0.6) is 0 Å². The molecule has 0 saturated carbocycles. The number of aliphatic hydroxyl groups is 1. The number of aliphatic hydroxyl groups excluding tert-OH is 1. The third-order valence-electron chi connectivity index (χ3n) is 8.58. The van der Waals surface area contributed by atoms with Crippen molar-refractivity contribution in [2.75, 3.05) is 37.9 Å². The minimum atomic E-state index is -5.03. The molecule has 3 aromatic heterocycles. The normalized spacial score (nSPS) is 19.3. The summed E-state index contributed by atoms with van der Waals surface area (Å²) in [6, 6.07) is 7.43. The molecule has 1 aliphatic rings. The number of nitrogens with zero attached hydrogens (tertiary/aromatic N) is 6. The molecule has 326 valence electrons. The largest absolute Gasteiger partial charge is 0.472 e. The van der Waals surface area contributed by atoms with Crippen LogP contribution < -0.4 is 22.5 Å². The number of ether oxygens (including phenoxy) is 3. The second kappa shape index (κ2) is 21.0. The van der Waals surface area contributed by atoms with Gasteiger partial charge in [-0.2, -0.15) is 4.98 Å². The van der Waals surface area contributed by atoms with Gasteiger partial charge in [-0.15, -0.1) is 6.58 Å². The molecule has 0 bridgehead atoms. The van der Waals surface area contributed by atoms with Crippen LogP contribution in [0, 0.1) is 3.57 Å². The summed E-state index contributed by atoms with van der Waals surface area (Å²) in [5, 5.41) is 14.1. The van der Waals surface area contributed by atoms with Crippen LogP contribution in [0.3, 0.4) is 0 Å². The van der Waals surface area contributed by atoms with Crippen LogP contribution >= 0.6 is 38.2 Å². The number of carbonyl (C=O) groups is 2. The first-order chi connectivity index (χ1) is 28.4. The number of carbonyl (C=O) groups excluding carboxylic acids is 2. The zero-order chi connectivity index (χ0) is 43.6. The molecule has 7 atom stereocenters. The Kier molecular flexibility index (Phi) is 16.4. The van der Waals surface area contributed by atoms with Crippen LogP contribution in [-0.4, -0.2) is 112 Å². The van der Waals surface area contributed by atoms with E-state index in [0.29, 0.717) is 6.42 Å². The highest BCUT2D eigenvalue weighted by molar-refractivity contribution is 14.1. The number of halogens is 1. The second-order valence-corrected chi connectivity index (χ2v) is 16.8. The first-order valence-electron chi connectivity index (χ1n) is 17.8. The molecular weight excluding hydrogens is 951 g/mol. The number of phosphoric acid groups is 2. The topological polar surface area (TPSA) is 347 Å². The molecule has 1 unspecified atom stereocenters. The molecule has 24 nitrogen and oxygen atoms in total. The van der Waals surface area contributed by atoms with Crippen molar-refractivity contribution in [1.82, 2.24) is 34.4 Å². The van der Waals surface area contributed by atoms with Crippen molar-refractivity contribution in [3.05, 3.63) is 81.5 Å². The molecule has 4 aromatic rings. The maximum atomic E-state index is 13.4. The van der Waals surface area contributed by atoms with E-state index < -0.39 is 96.4 Å². The van der Waals surface area contributed by atoms with Crippen molar-refractivity contribution in [3.8, 4) is 0 Å². The SMILES string of the molecule is C=CCCC(=O)N[C@@H](Cc1ccc(I)cc1)C(=O)OC[C@@H](O)[C@@H](OCCOP(=O)(O)O[C@H]1C[C@H](n2ccc(N)nc2=O)O[C@@H]1COP(=O)(O)O)n1cnc2c(N)ncnc21. The summed E-state index contributed by atoms with van der Waals surface area (Å²) in [6.45, 7) is 0.952. The molecule has 0 aliphatic carbocycles. The average Bonchev–Trinajstić information content (AvgIpc) is 3.79. The van der Waals surface area contributed by atoms with E-state index in [4.69, 9.17) is 34.7 Å². The van der Waals surface area contributed by atoms with Crippen molar-refractivity contribution >= 4 is 72.9 Å². The number of allylic oxidation sites excluding steroid dienone is 1. The summed E-state index contributed by atoms with van der Waals surface area (Å²) in [7, 11) is -10.0.